The Morgan fingerprint density at radius 2 is 1.89 bits per heavy atom. The van der Waals surface area contributed by atoms with Crippen LogP contribution < -0.4 is 15.4 Å². The number of rotatable bonds is 8. The SMILES string of the molecule is CCNC(=NCc1ccc(OC)c(C(=O)OC)c1)NCc1ccc(CC)s1. The van der Waals surface area contributed by atoms with Crippen molar-refractivity contribution in [3.8, 4) is 5.75 Å². The van der Waals surface area contributed by atoms with E-state index in [0.717, 1.165) is 31.0 Å². The van der Waals surface area contributed by atoms with E-state index in [1.54, 1.807) is 12.1 Å². The van der Waals surface area contributed by atoms with Crippen molar-refractivity contribution in [2.75, 3.05) is 20.8 Å². The summed E-state index contributed by atoms with van der Waals surface area (Å²) in [6, 6.07) is 9.72. The lowest BCUT2D eigenvalue weighted by Crippen LogP contribution is -2.36. The molecule has 27 heavy (non-hydrogen) atoms. The molecule has 2 rings (SSSR count). The van der Waals surface area contributed by atoms with Gasteiger partial charge in [-0.3, -0.25) is 0 Å². The number of carbonyl (C=O) groups excluding carboxylic acids is 1. The molecule has 0 fully saturated rings. The standard InChI is InChI=1S/C20H27N3O3S/c1-5-15-8-9-16(27-15)13-23-20(21-6-2)22-12-14-7-10-18(25-3)17(11-14)19(24)26-4/h7-11H,5-6,12-13H2,1-4H3,(H2,21,22,23). The number of hydrogen-bond donors (Lipinski definition) is 2. The quantitative estimate of drug-likeness (QED) is 0.411. The highest BCUT2D eigenvalue weighted by Gasteiger charge is 2.13. The van der Waals surface area contributed by atoms with E-state index in [0.29, 0.717) is 17.9 Å². The summed E-state index contributed by atoms with van der Waals surface area (Å²) < 4.78 is 10.0. The van der Waals surface area contributed by atoms with Gasteiger partial charge in [-0.05, 0) is 43.2 Å². The second-order valence-electron chi connectivity index (χ2n) is 5.80. The number of thiophene rings is 1. The number of methoxy groups -OCH3 is 2. The summed E-state index contributed by atoms with van der Waals surface area (Å²) in [5.74, 6) is 0.801. The highest BCUT2D eigenvalue weighted by atomic mass is 32.1. The lowest BCUT2D eigenvalue weighted by atomic mass is 10.1. The molecule has 0 bridgehead atoms. The maximum atomic E-state index is 11.9. The van der Waals surface area contributed by atoms with Gasteiger partial charge >= 0.3 is 5.97 Å². The molecule has 0 aliphatic carbocycles. The molecular weight excluding hydrogens is 362 g/mol. The number of nitrogens with zero attached hydrogens (tertiary/aromatic N) is 1. The highest BCUT2D eigenvalue weighted by Crippen LogP contribution is 2.21. The fourth-order valence-electron chi connectivity index (χ4n) is 2.51. The first-order valence-corrected chi connectivity index (χ1v) is 9.77. The number of aryl methyl sites for hydroxylation is 1. The van der Waals surface area contributed by atoms with Gasteiger partial charge in [0.2, 0.25) is 0 Å². The van der Waals surface area contributed by atoms with Crippen LogP contribution in [0.5, 0.6) is 5.75 Å². The molecular formula is C20H27N3O3S. The third-order valence-electron chi connectivity index (χ3n) is 3.93. The molecule has 0 spiro atoms. The van der Waals surface area contributed by atoms with Crippen molar-refractivity contribution in [3.05, 3.63) is 51.2 Å². The number of carbonyl (C=O) groups is 1. The first kappa shape index (κ1) is 20.8. The van der Waals surface area contributed by atoms with Crippen molar-refractivity contribution in [1.82, 2.24) is 10.6 Å². The lowest BCUT2D eigenvalue weighted by Gasteiger charge is -2.11. The van der Waals surface area contributed by atoms with Gasteiger partial charge in [-0.2, -0.15) is 0 Å². The van der Waals surface area contributed by atoms with Crippen LogP contribution in [-0.4, -0.2) is 32.7 Å². The molecule has 0 unspecified atom stereocenters. The van der Waals surface area contributed by atoms with E-state index in [1.165, 1.54) is 24.0 Å². The van der Waals surface area contributed by atoms with Crippen molar-refractivity contribution in [2.45, 2.75) is 33.4 Å². The smallest absolute Gasteiger partial charge is 0.341 e. The molecule has 146 valence electrons. The van der Waals surface area contributed by atoms with Crippen molar-refractivity contribution < 1.29 is 14.3 Å². The van der Waals surface area contributed by atoms with Crippen LogP contribution in [0.2, 0.25) is 0 Å². The molecule has 1 aromatic carbocycles. The lowest BCUT2D eigenvalue weighted by molar-refractivity contribution is 0.0597. The molecule has 0 aliphatic heterocycles. The van der Waals surface area contributed by atoms with Crippen LogP contribution in [0.4, 0.5) is 0 Å². The van der Waals surface area contributed by atoms with Gasteiger partial charge in [-0.25, -0.2) is 9.79 Å². The average molecular weight is 390 g/mol. The number of benzene rings is 1. The van der Waals surface area contributed by atoms with Crippen LogP contribution >= 0.6 is 11.3 Å². The van der Waals surface area contributed by atoms with Gasteiger partial charge < -0.3 is 20.1 Å². The number of ether oxygens (including phenoxy) is 2. The van der Waals surface area contributed by atoms with Crippen molar-refractivity contribution in [3.63, 3.8) is 0 Å². The van der Waals surface area contributed by atoms with E-state index in [9.17, 15) is 4.79 Å². The zero-order chi connectivity index (χ0) is 19.6. The molecule has 2 N–H and O–H groups in total. The summed E-state index contributed by atoms with van der Waals surface area (Å²) >= 11 is 1.81. The van der Waals surface area contributed by atoms with Crippen LogP contribution in [0, 0.1) is 0 Å². The van der Waals surface area contributed by atoms with Gasteiger partial charge in [0.05, 0.1) is 27.3 Å². The third-order valence-corrected chi connectivity index (χ3v) is 5.16. The fourth-order valence-corrected chi connectivity index (χ4v) is 3.41. The zero-order valence-corrected chi connectivity index (χ0v) is 17.1. The Bertz CT molecular complexity index is 787. The Morgan fingerprint density at radius 3 is 2.52 bits per heavy atom. The number of aliphatic imine (C=N–C) groups is 1. The van der Waals surface area contributed by atoms with Gasteiger partial charge in [-0.1, -0.05) is 13.0 Å². The highest BCUT2D eigenvalue weighted by molar-refractivity contribution is 7.11. The summed E-state index contributed by atoms with van der Waals surface area (Å²) in [5.41, 5.74) is 1.30. The predicted octanol–water partition coefficient (Wildman–Crippen LogP) is 3.36. The minimum atomic E-state index is -0.424. The maximum Gasteiger partial charge on any atom is 0.341 e. The van der Waals surface area contributed by atoms with E-state index in [4.69, 9.17) is 9.47 Å². The maximum absolute atomic E-state index is 11.9. The van der Waals surface area contributed by atoms with E-state index >= 15 is 0 Å². The second-order valence-corrected chi connectivity index (χ2v) is 7.05. The number of esters is 1. The van der Waals surface area contributed by atoms with E-state index < -0.39 is 5.97 Å². The van der Waals surface area contributed by atoms with Gasteiger partial charge in [0.25, 0.3) is 0 Å². The first-order chi connectivity index (χ1) is 13.1. The molecule has 0 saturated carbocycles. The van der Waals surface area contributed by atoms with Gasteiger partial charge in [-0.15, -0.1) is 11.3 Å². The minimum absolute atomic E-state index is 0.399. The van der Waals surface area contributed by atoms with Crippen LogP contribution in [-0.2, 0) is 24.2 Å². The average Bonchev–Trinajstić information content (AvgIpc) is 3.17. The predicted molar refractivity (Wildman–Crippen MR) is 110 cm³/mol. The topological polar surface area (TPSA) is 72.0 Å². The monoisotopic (exact) mass is 389 g/mol. The zero-order valence-electron chi connectivity index (χ0n) is 16.3. The van der Waals surface area contributed by atoms with E-state index in [-0.39, 0.29) is 0 Å². The van der Waals surface area contributed by atoms with Crippen molar-refractivity contribution >= 4 is 23.3 Å². The normalized spacial score (nSPS) is 11.2. The van der Waals surface area contributed by atoms with Gasteiger partial charge in [0, 0.05) is 16.3 Å². The Hall–Kier alpha value is -2.54. The molecule has 1 aromatic heterocycles. The minimum Gasteiger partial charge on any atom is -0.496 e. The first-order valence-electron chi connectivity index (χ1n) is 8.96. The number of nitrogens with one attached hydrogen (secondary N) is 2. The third kappa shape index (κ3) is 5.99. The molecule has 1 heterocycles. The second kappa shape index (κ2) is 10.6. The molecule has 2 aromatic rings. The Kier molecular flexibility index (Phi) is 8.13. The number of guanidine groups is 1. The summed E-state index contributed by atoms with van der Waals surface area (Å²) in [6.45, 7) is 6.12. The molecule has 0 radical (unpaired) electrons. The molecule has 0 atom stereocenters. The van der Waals surface area contributed by atoms with E-state index in [2.05, 4.69) is 34.7 Å². The van der Waals surface area contributed by atoms with Gasteiger partial charge in [0.1, 0.15) is 11.3 Å². The van der Waals surface area contributed by atoms with E-state index in [1.807, 2.05) is 24.3 Å². The van der Waals surface area contributed by atoms with Crippen LogP contribution in [0.15, 0.2) is 35.3 Å². The number of hydrogen-bond acceptors (Lipinski definition) is 5. The summed E-state index contributed by atoms with van der Waals surface area (Å²) in [6.07, 6.45) is 1.05. The van der Waals surface area contributed by atoms with Crippen molar-refractivity contribution in [2.24, 2.45) is 4.99 Å². The molecule has 0 amide bonds. The largest absolute Gasteiger partial charge is 0.496 e. The molecule has 0 aliphatic rings. The molecule has 6 nitrogen and oxygen atoms in total. The van der Waals surface area contributed by atoms with Gasteiger partial charge in [0.15, 0.2) is 5.96 Å². The Morgan fingerprint density at radius 1 is 1.11 bits per heavy atom. The summed E-state index contributed by atoms with van der Waals surface area (Å²) in [5, 5.41) is 6.59. The Balaban J connectivity index is 2.07. The molecule has 0 saturated heterocycles. The fraction of sp³-hybridized carbons (Fsp3) is 0.400. The van der Waals surface area contributed by atoms with Crippen LogP contribution in [0.3, 0.4) is 0 Å². The summed E-state index contributed by atoms with van der Waals surface area (Å²) in [7, 11) is 2.88. The molecule has 7 heteroatoms. The van der Waals surface area contributed by atoms with Crippen molar-refractivity contribution in [1.29, 1.82) is 0 Å². The summed E-state index contributed by atoms with van der Waals surface area (Å²) in [4.78, 5) is 19.2. The van der Waals surface area contributed by atoms with Crippen LogP contribution in [0.25, 0.3) is 0 Å². The van der Waals surface area contributed by atoms with Crippen LogP contribution in [0.1, 0.15) is 39.5 Å². The Labute approximate surface area is 164 Å².